The molecule has 1 heterocycles. The summed E-state index contributed by atoms with van der Waals surface area (Å²) in [5.74, 6) is 0.647. The van der Waals surface area contributed by atoms with Crippen LogP contribution in [-0.4, -0.2) is 5.91 Å². The molecule has 1 atom stereocenters. The zero-order chi connectivity index (χ0) is 24.4. The van der Waals surface area contributed by atoms with Gasteiger partial charge in [0.2, 0.25) is 0 Å². The number of aryl methyl sites for hydroxylation is 1. The second-order valence-corrected chi connectivity index (χ2v) is 9.16. The van der Waals surface area contributed by atoms with Gasteiger partial charge in [0.05, 0.1) is 5.56 Å². The number of carbonyl (C=O) groups is 1. The van der Waals surface area contributed by atoms with Crippen molar-refractivity contribution >= 4 is 40.5 Å². The minimum atomic E-state index is -0.364. The summed E-state index contributed by atoms with van der Waals surface area (Å²) >= 11 is 12.5. The monoisotopic (exact) mass is 502 g/mol. The van der Waals surface area contributed by atoms with E-state index in [1.54, 1.807) is 23.1 Å². The summed E-state index contributed by atoms with van der Waals surface area (Å²) in [5.41, 5.74) is 5.22. The van der Waals surface area contributed by atoms with Gasteiger partial charge in [0.25, 0.3) is 5.91 Å². The first-order chi connectivity index (χ1) is 17.0. The molecule has 1 aliphatic rings. The topological polar surface area (TPSA) is 41.6 Å². The molecule has 0 fully saturated rings. The molecule has 4 aromatic carbocycles. The van der Waals surface area contributed by atoms with Crippen LogP contribution in [0.3, 0.4) is 0 Å². The van der Waals surface area contributed by atoms with Gasteiger partial charge in [-0.1, -0.05) is 72.6 Å². The fourth-order valence-electron chi connectivity index (χ4n) is 4.22. The normalized spacial score (nSPS) is 14.9. The van der Waals surface area contributed by atoms with Crippen LogP contribution in [-0.2, 0) is 13.0 Å². The van der Waals surface area contributed by atoms with Gasteiger partial charge < -0.3 is 10.1 Å². The van der Waals surface area contributed by atoms with Gasteiger partial charge in [0.1, 0.15) is 18.5 Å². The summed E-state index contributed by atoms with van der Waals surface area (Å²) in [6.45, 7) is 2.38. The van der Waals surface area contributed by atoms with Crippen LogP contribution in [0.4, 0.5) is 11.4 Å². The molecule has 1 aliphatic heterocycles. The molecular formula is C29H24Cl2N2O2. The number of fused-ring (bicyclic) bond motifs is 1. The van der Waals surface area contributed by atoms with E-state index in [0.717, 1.165) is 28.9 Å². The largest absolute Gasteiger partial charge is 0.489 e. The highest BCUT2D eigenvalue weighted by Gasteiger charge is 2.34. The fraction of sp³-hybridized carbons (Fsp3) is 0.138. The number of nitrogens with one attached hydrogen (secondary N) is 1. The second kappa shape index (κ2) is 10.0. The third kappa shape index (κ3) is 4.72. The maximum Gasteiger partial charge on any atom is 0.262 e. The first-order valence-corrected chi connectivity index (χ1v) is 12.2. The van der Waals surface area contributed by atoms with E-state index in [9.17, 15) is 4.79 Å². The Morgan fingerprint density at radius 1 is 0.857 bits per heavy atom. The number of rotatable bonds is 6. The number of para-hydroxylation sites is 1. The number of benzene rings is 4. The van der Waals surface area contributed by atoms with Crippen LogP contribution in [0.1, 0.15) is 40.1 Å². The molecule has 176 valence electrons. The van der Waals surface area contributed by atoms with E-state index in [1.807, 2.05) is 60.7 Å². The van der Waals surface area contributed by atoms with Crippen molar-refractivity contribution in [3.63, 3.8) is 0 Å². The summed E-state index contributed by atoms with van der Waals surface area (Å²) in [7, 11) is 0. The first-order valence-electron chi connectivity index (χ1n) is 11.5. The second-order valence-electron chi connectivity index (χ2n) is 8.35. The molecular weight excluding hydrogens is 479 g/mol. The molecule has 0 saturated carbocycles. The van der Waals surface area contributed by atoms with Crippen LogP contribution in [0, 0.1) is 0 Å². The van der Waals surface area contributed by atoms with E-state index in [4.69, 9.17) is 27.9 Å². The van der Waals surface area contributed by atoms with Gasteiger partial charge in [0.15, 0.2) is 0 Å². The van der Waals surface area contributed by atoms with Crippen molar-refractivity contribution in [3.05, 3.63) is 123 Å². The summed E-state index contributed by atoms with van der Waals surface area (Å²) in [6.07, 6.45) is 0.580. The summed E-state index contributed by atoms with van der Waals surface area (Å²) < 4.78 is 5.94. The molecule has 1 amide bonds. The predicted octanol–water partition coefficient (Wildman–Crippen LogP) is 7.91. The van der Waals surface area contributed by atoms with Crippen LogP contribution < -0.4 is 15.0 Å². The van der Waals surface area contributed by atoms with Gasteiger partial charge in [-0.15, -0.1) is 0 Å². The van der Waals surface area contributed by atoms with Crippen LogP contribution >= 0.6 is 23.2 Å². The van der Waals surface area contributed by atoms with Crippen LogP contribution in [0.25, 0.3) is 0 Å². The van der Waals surface area contributed by atoms with Gasteiger partial charge in [-0.05, 0) is 66.1 Å². The molecule has 35 heavy (non-hydrogen) atoms. The Morgan fingerprint density at radius 3 is 2.23 bits per heavy atom. The quantitative estimate of drug-likeness (QED) is 0.291. The summed E-state index contributed by atoms with van der Waals surface area (Å²) in [4.78, 5) is 15.4. The number of halogens is 2. The van der Waals surface area contributed by atoms with Crippen molar-refractivity contribution in [3.8, 4) is 5.75 Å². The number of carbonyl (C=O) groups excluding carboxylic acids is 1. The SMILES string of the molecule is CCc1ccc(N2C(=O)c3ccccc3N[C@@H]2c2ccc(OCc3c(Cl)cccc3Cl)cc2)cc1. The number of hydrogen-bond donors (Lipinski definition) is 1. The van der Waals surface area contributed by atoms with Crippen molar-refractivity contribution in [2.24, 2.45) is 0 Å². The van der Waals surface area contributed by atoms with E-state index >= 15 is 0 Å². The maximum absolute atomic E-state index is 13.6. The molecule has 0 saturated heterocycles. The number of amides is 1. The zero-order valence-electron chi connectivity index (χ0n) is 19.2. The lowest BCUT2D eigenvalue weighted by atomic mass is 10.0. The Bertz CT molecular complexity index is 1330. The van der Waals surface area contributed by atoms with Crippen LogP contribution in [0.15, 0.2) is 91.0 Å². The highest BCUT2D eigenvalue weighted by molar-refractivity contribution is 6.35. The van der Waals surface area contributed by atoms with Crippen LogP contribution in [0.5, 0.6) is 5.75 Å². The molecule has 0 bridgehead atoms. The van der Waals surface area contributed by atoms with Crippen molar-refractivity contribution in [2.45, 2.75) is 26.1 Å². The Hall–Kier alpha value is -3.47. The smallest absolute Gasteiger partial charge is 0.262 e. The van der Waals surface area contributed by atoms with Gasteiger partial charge in [-0.25, -0.2) is 0 Å². The molecule has 0 radical (unpaired) electrons. The Morgan fingerprint density at radius 2 is 1.54 bits per heavy atom. The molecule has 6 heteroatoms. The molecule has 0 unspecified atom stereocenters. The highest BCUT2D eigenvalue weighted by atomic mass is 35.5. The van der Waals surface area contributed by atoms with Gasteiger partial charge in [0, 0.05) is 27.0 Å². The minimum absolute atomic E-state index is 0.0395. The van der Waals surface area contributed by atoms with E-state index < -0.39 is 0 Å². The van der Waals surface area contributed by atoms with Crippen molar-refractivity contribution in [1.82, 2.24) is 0 Å². The van der Waals surface area contributed by atoms with Gasteiger partial charge in [-0.3, -0.25) is 9.69 Å². The summed E-state index contributed by atoms with van der Waals surface area (Å²) in [6, 6.07) is 28.9. The fourth-order valence-corrected chi connectivity index (χ4v) is 4.72. The van der Waals surface area contributed by atoms with Crippen LogP contribution in [0.2, 0.25) is 10.0 Å². The lowest BCUT2D eigenvalue weighted by Crippen LogP contribution is -2.43. The maximum atomic E-state index is 13.6. The van der Waals surface area contributed by atoms with E-state index in [1.165, 1.54) is 5.56 Å². The average molecular weight is 503 g/mol. The van der Waals surface area contributed by atoms with Crippen molar-refractivity contribution in [1.29, 1.82) is 0 Å². The molecule has 0 aliphatic carbocycles. The van der Waals surface area contributed by atoms with E-state index in [2.05, 4.69) is 24.4 Å². The van der Waals surface area contributed by atoms with Gasteiger partial charge >= 0.3 is 0 Å². The minimum Gasteiger partial charge on any atom is -0.489 e. The number of anilines is 2. The Labute approximate surface area is 215 Å². The first kappa shape index (κ1) is 23.3. The van der Waals surface area contributed by atoms with Crippen molar-refractivity contribution < 1.29 is 9.53 Å². The van der Waals surface area contributed by atoms with Crippen molar-refractivity contribution in [2.75, 3.05) is 10.2 Å². The molecule has 0 spiro atoms. The predicted molar refractivity (Wildman–Crippen MR) is 143 cm³/mol. The molecule has 5 rings (SSSR count). The van der Waals surface area contributed by atoms with E-state index in [0.29, 0.717) is 21.4 Å². The number of hydrogen-bond acceptors (Lipinski definition) is 3. The molecule has 0 aromatic heterocycles. The summed E-state index contributed by atoms with van der Waals surface area (Å²) in [5, 5.41) is 4.69. The van der Waals surface area contributed by atoms with Gasteiger partial charge in [-0.2, -0.15) is 0 Å². The molecule has 4 aromatic rings. The Balaban J connectivity index is 1.43. The third-order valence-corrected chi connectivity index (χ3v) is 6.90. The average Bonchev–Trinajstić information content (AvgIpc) is 2.89. The zero-order valence-corrected chi connectivity index (χ0v) is 20.7. The standard InChI is InChI=1S/C29H24Cl2N2O2/c1-2-19-10-14-21(15-11-19)33-28(32-27-9-4-3-6-23(27)29(33)34)20-12-16-22(17-13-20)35-18-24-25(30)7-5-8-26(24)31/h3-17,28,32H,2,18H2,1H3/t28-/m0/s1. The highest BCUT2D eigenvalue weighted by Crippen LogP contribution is 2.37. The molecule has 1 N–H and O–H groups in total. The lowest BCUT2D eigenvalue weighted by Gasteiger charge is -2.38. The lowest BCUT2D eigenvalue weighted by molar-refractivity contribution is 0.0975. The number of ether oxygens (including phenoxy) is 1. The Kier molecular flexibility index (Phi) is 6.67. The number of nitrogens with zero attached hydrogens (tertiary/aromatic N) is 1. The molecule has 4 nitrogen and oxygen atoms in total. The third-order valence-electron chi connectivity index (χ3n) is 6.19. The van der Waals surface area contributed by atoms with E-state index in [-0.39, 0.29) is 18.7 Å².